The number of nitrogens with one attached hydrogen (secondary N) is 4. The first-order chi connectivity index (χ1) is 35.7. The third kappa shape index (κ3) is 9.55. The fourth-order valence-corrected chi connectivity index (χ4v) is 11.4. The number of carbonyl (C=O) groups excluding carboxylic acids is 2. The van der Waals surface area contributed by atoms with Crippen molar-refractivity contribution in [3.05, 3.63) is 132 Å². The number of carbonyl (C=O) groups is 2. The number of amides is 2. The highest BCUT2D eigenvalue weighted by atomic mass is 16.5. The molecule has 4 saturated heterocycles. The van der Waals surface area contributed by atoms with Crippen LogP contribution in [0.2, 0.25) is 0 Å². The van der Waals surface area contributed by atoms with Gasteiger partial charge in [-0.25, -0.2) is 19.9 Å². The van der Waals surface area contributed by atoms with Crippen LogP contribution in [0.15, 0.2) is 104 Å². The van der Waals surface area contributed by atoms with E-state index in [0.29, 0.717) is 47.6 Å². The first kappa shape index (κ1) is 46.6. The van der Waals surface area contributed by atoms with E-state index in [1.54, 1.807) is 6.33 Å². The maximum Gasteiger partial charge on any atom is 0.254 e. The van der Waals surface area contributed by atoms with Crippen molar-refractivity contribution in [2.45, 2.75) is 63.4 Å². The van der Waals surface area contributed by atoms with Gasteiger partial charge in [0.2, 0.25) is 0 Å². The molecule has 10 heterocycles. The normalized spacial score (nSPS) is 21.3. The topological polar surface area (TPSA) is 172 Å². The molecule has 4 fully saturated rings. The third-order valence-electron chi connectivity index (χ3n) is 15.7. The summed E-state index contributed by atoms with van der Waals surface area (Å²) in [6.45, 7) is 11.5. The number of rotatable bonds is 13. The highest BCUT2D eigenvalue weighted by Gasteiger charge is 2.35. The number of hydrogen-bond donors (Lipinski definition) is 4. The van der Waals surface area contributed by atoms with Crippen LogP contribution >= 0.6 is 0 Å². The molecule has 4 aromatic heterocycles. The molecule has 0 aliphatic carbocycles. The highest BCUT2D eigenvalue weighted by molar-refractivity contribution is 6.07. The van der Waals surface area contributed by atoms with Gasteiger partial charge < -0.3 is 45.6 Å². The van der Waals surface area contributed by atoms with E-state index in [2.05, 4.69) is 113 Å². The Morgan fingerprint density at radius 2 is 1.33 bits per heavy atom. The Kier molecular flexibility index (Phi) is 12.7. The SMILES string of the molecule is CC(/C=C/CC1CN(c2ccc(Nc3ccc(-c4cc(N5CC6CCC(C5)O6)ncn4)c4c3C(=O)NC4)nc2)CCN1C)c1cc(-c2ccc(Nc3ccc(N4CCN(C)CC4)cn3)c3c2CNC3=O)ccn1. The minimum atomic E-state index is -0.113. The number of fused-ring (bicyclic) bond motifs is 4. The van der Waals surface area contributed by atoms with Crippen LogP contribution in [0.5, 0.6) is 0 Å². The molecule has 2 amide bonds. The zero-order valence-corrected chi connectivity index (χ0v) is 41.7. The van der Waals surface area contributed by atoms with Crippen LogP contribution in [0.4, 0.5) is 40.2 Å². The van der Waals surface area contributed by atoms with Gasteiger partial charge in [0.1, 0.15) is 23.8 Å². The molecule has 73 heavy (non-hydrogen) atoms. The number of allylic oxidation sites excluding steroid dienone is 1. The molecular formula is C56H62N14O3. The molecule has 17 heteroatoms. The Morgan fingerprint density at radius 3 is 2.00 bits per heavy atom. The Balaban J connectivity index is 0.676. The van der Waals surface area contributed by atoms with Crippen molar-refractivity contribution < 1.29 is 14.3 Å². The van der Waals surface area contributed by atoms with E-state index in [-0.39, 0.29) is 29.9 Å². The van der Waals surface area contributed by atoms with Crippen molar-refractivity contribution in [2.24, 2.45) is 0 Å². The maximum absolute atomic E-state index is 13.3. The lowest BCUT2D eigenvalue weighted by atomic mass is 9.94. The molecule has 0 saturated carbocycles. The summed E-state index contributed by atoms with van der Waals surface area (Å²) in [5, 5.41) is 13.0. The van der Waals surface area contributed by atoms with E-state index in [9.17, 15) is 9.59 Å². The summed E-state index contributed by atoms with van der Waals surface area (Å²) < 4.78 is 6.06. The summed E-state index contributed by atoms with van der Waals surface area (Å²) in [6, 6.07) is 22.8. The molecule has 4 atom stereocenters. The van der Waals surface area contributed by atoms with E-state index in [1.165, 1.54) is 0 Å². The summed E-state index contributed by atoms with van der Waals surface area (Å²) >= 11 is 0. The number of hydrogen-bond acceptors (Lipinski definition) is 15. The number of pyridine rings is 3. The first-order valence-corrected chi connectivity index (χ1v) is 25.8. The Hall–Kier alpha value is -7.47. The Morgan fingerprint density at radius 1 is 0.685 bits per heavy atom. The van der Waals surface area contributed by atoms with Gasteiger partial charge in [0.15, 0.2) is 0 Å². The summed E-state index contributed by atoms with van der Waals surface area (Å²) in [6.07, 6.45) is 15.5. The molecule has 0 spiro atoms. The van der Waals surface area contributed by atoms with Crippen molar-refractivity contribution in [1.29, 1.82) is 0 Å². The lowest BCUT2D eigenvalue weighted by molar-refractivity contribution is 0.0302. The average Bonchev–Trinajstić information content (AvgIpc) is 4.12. The molecular weight excluding hydrogens is 917 g/mol. The number of benzene rings is 2. The summed E-state index contributed by atoms with van der Waals surface area (Å²) in [4.78, 5) is 62.0. The Labute approximate surface area is 426 Å². The molecule has 374 valence electrons. The van der Waals surface area contributed by atoms with Crippen molar-refractivity contribution in [3.63, 3.8) is 0 Å². The lowest BCUT2D eigenvalue weighted by Gasteiger charge is -2.40. The van der Waals surface area contributed by atoms with Gasteiger partial charge in [-0.05, 0) is 104 Å². The zero-order valence-electron chi connectivity index (χ0n) is 41.7. The second-order valence-corrected chi connectivity index (χ2v) is 20.4. The molecule has 17 nitrogen and oxygen atoms in total. The summed E-state index contributed by atoms with van der Waals surface area (Å²) in [5.41, 5.74) is 11.6. The van der Waals surface area contributed by atoms with Gasteiger partial charge in [-0.3, -0.25) is 19.5 Å². The monoisotopic (exact) mass is 979 g/mol. The van der Waals surface area contributed by atoms with E-state index >= 15 is 0 Å². The molecule has 0 radical (unpaired) electrons. The van der Waals surface area contributed by atoms with Crippen LogP contribution < -0.4 is 36.0 Å². The van der Waals surface area contributed by atoms with Gasteiger partial charge in [-0.2, -0.15) is 0 Å². The number of aromatic nitrogens is 5. The minimum absolute atomic E-state index is 0.0851. The fourth-order valence-electron chi connectivity index (χ4n) is 11.4. The predicted octanol–water partition coefficient (Wildman–Crippen LogP) is 6.96. The van der Waals surface area contributed by atoms with Crippen LogP contribution in [0.3, 0.4) is 0 Å². The van der Waals surface area contributed by atoms with Crippen molar-refractivity contribution >= 4 is 52.0 Å². The number of likely N-dealkylation sites (N-methyl/N-ethyl adjacent to an activating group) is 2. The largest absolute Gasteiger partial charge is 0.371 e. The first-order valence-electron chi connectivity index (χ1n) is 25.8. The molecule has 2 aromatic carbocycles. The van der Waals surface area contributed by atoms with E-state index < -0.39 is 0 Å². The van der Waals surface area contributed by atoms with E-state index in [0.717, 1.165) is 140 Å². The number of ether oxygens (including phenoxy) is 1. The number of anilines is 7. The molecule has 4 N–H and O–H groups in total. The zero-order chi connectivity index (χ0) is 49.6. The van der Waals surface area contributed by atoms with Gasteiger partial charge in [-0.15, -0.1) is 0 Å². The summed E-state index contributed by atoms with van der Waals surface area (Å²) in [5.74, 6) is 2.15. The van der Waals surface area contributed by atoms with Gasteiger partial charge in [0, 0.05) is 107 Å². The average molecular weight is 979 g/mol. The highest BCUT2D eigenvalue weighted by Crippen LogP contribution is 2.38. The van der Waals surface area contributed by atoms with Crippen molar-refractivity contribution in [1.82, 2.24) is 45.4 Å². The maximum atomic E-state index is 13.3. The quantitative estimate of drug-likeness (QED) is 0.0875. The standard InChI is InChI=1S/C56H62N14O3/c1-35(48-25-36(17-18-57-48)42-11-13-46(53-44(42)29-60-55(53)71)64-50-15-7-37(27-58-50)68-22-19-66(2)20-23-68)5-4-6-39-31-69(24-21-67(39)3)38-8-16-51(59-28-38)65-47-14-12-43(45-30-61-56(72)54(45)47)49-26-52(63-34-62-49)70-32-40-9-10-41(33-70)73-40/h4-5,7-8,11-18,25-28,34-35,39-41H,6,9-10,19-24,29-33H2,1-3H3,(H,58,64)(H,59,65)(H,60,71)(H,61,72)/b5-4+. The third-order valence-corrected chi connectivity index (χ3v) is 15.7. The molecule has 6 aliphatic heterocycles. The molecule has 12 rings (SSSR count). The smallest absolute Gasteiger partial charge is 0.254 e. The predicted molar refractivity (Wildman–Crippen MR) is 285 cm³/mol. The second kappa shape index (κ2) is 19.9. The minimum Gasteiger partial charge on any atom is -0.371 e. The van der Waals surface area contributed by atoms with Gasteiger partial charge in [0.05, 0.1) is 64.2 Å². The van der Waals surface area contributed by atoms with Crippen LogP contribution in [0, 0.1) is 0 Å². The molecule has 2 bridgehead atoms. The molecule has 6 aromatic rings. The van der Waals surface area contributed by atoms with Gasteiger partial charge >= 0.3 is 0 Å². The molecule has 6 aliphatic rings. The second-order valence-electron chi connectivity index (χ2n) is 20.4. The fraction of sp³-hybridized carbons (Fsp3) is 0.375. The number of nitrogens with zero attached hydrogens (tertiary/aromatic N) is 10. The van der Waals surface area contributed by atoms with Crippen LogP contribution in [0.1, 0.15) is 69.6 Å². The Bertz CT molecular complexity index is 3060. The lowest BCUT2D eigenvalue weighted by Crippen LogP contribution is -2.51. The van der Waals surface area contributed by atoms with Crippen LogP contribution in [-0.2, 0) is 17.8 Å². The number of morpholine rings is 1. The number of piperazine rings is 2. The van der Waals surface area contributed by atoms with E-state index in [4.69, 9.17) is 19.7 Å². The summed E-state index contributed by atoms with van der Waals surface area (Å²) in [7, 11) is 4.36. The van der Waals surface area contributed by atoms with Crippen molar-refractivity contribution in [3.8, 4) is 22.4 Å². The van der Waals surface area contributed by atoms with Crippen LogP contribution in [-0.4, -0.2) is 138 Å². The van der Waals surface area contributed by atoms with Crippen molar-refractivity contribution in [2.75, 3.05) is 98.3 Å². The van der Waals surface area contributed by atoms with Crippen LogP contribution in [0.25, 0.3) is 22.4 Å². The molecule has 4 unspecified atom stereocenters. The van der Waals surface area contributed by atoms with Gasteiger partial charge in [-0.1, -0.05) is 31.2 Å². The van der Waals surface area contributed by atoms with E-state index in [1.807, 2.05) is 61.1 Å². The van der Waals surface area contributed by atoms with Gasteiger partial charge in [0.25, 0.3) is 11.8 Å².